The lowest BCUT2D eigenvalue weighted by molar-refractivity contribution is -0.386. The highest BCUT2D eigenvalue weighted by molar-refractivity contribution is 5.71. The molecule has 2 aromatic rings. The normalized spacial score (nSPS) is 23.4. The minimum atomic E-state index is -0.415. The fourth-order valence-corrected chi connectivity index (χ4v) is 3.98. The van der Waals surface area contributed by atoms with E-state index in [9.17, 15) is 20.2 Å². The molecule has 0 aromatic heterocycles. The van der Waals surface area contributed by atoms with Gasteiger partial charge in [0.25, 0.3) is 11.4 Å². The molecule has 1 aliphatic heterocycles. The molecule has 2 aliphatic rings. The maximum atomic E-state index is 11.4. The molecule has 7 nitrogen and oxygen atoms in total. The first-order valence-corrected chi connectivity index (χ1v) is 8.01. The Labute approximate surface area is 143 Å². The highest BCUT2D eigenvalue weighted by atomic mass is 16.6. The van der Waals surface area contributed by atoms with Crippen LogP contribution in [0.25, 0.3) is 0 Å². The van der Waals surface area contributed by atoms with E-state index in [1.54, 1.807) is 24.3 Å². The second-order valence-corrected chi connectivity index (χ2v) is 6.29. The Morgan fingerprint density at radius 3 is 2.36 bits per heavy atom. The molecule has 2 aromatic carbocycles. The Morgan fingerprint density at radius 2 is 1.60 bits per heavy atom. The molecular weight excluding hydrogens is 322 g/mol. The van der Waals surface area contributed by atoms with Gasteiger partial charge in [-0.15, -0.1) is 0 Å². The summed E-state index contributed by atoms with van der Waals surface area (Å²) < 4.78 is 0. The fourth-order valence-electron chi connectivity index (χ4n) is 3.98. The van der Waals surface area contributed by atoms with Crippen molar-refractivity contribution in [3.05, 3.63) is 86.0 Å². The first-order chi connectivity index (χ1) is 12.1. The molecule has 0 radical (unpaired) electrons. The number of hydrogen-bond acceptors (Lipinski definition) is 5. The number of fused-ring (bicyclic) bond motifs is 3. The van der Waals surface area contributed by atoms with Crippen LogP contribution in [0.15, 0.2) is 54.6 Å². The van der Waals surface area contributed by atoms with Gasteiger partial charge in [0.1, 0.15) is 5.69 Å². The van der Waals surface area contributed by atoms with Crippen molar-refractivity contribution in [2.24, 2.45) is 5.92 Å². The zero-order chi connectivity index (χ0) is 17.6. The summed E-state index contributed by atoms with van der Waals surface area (Å²) >= 11 is 0. The van der Waals surface area contributed by atoms with E-state index in [4.69, 9.17) is 0 Å². The van der Waals surface area contributed by atoms with Crippen molar-refractivity contribution in [2.75, 3.05) is 5.32 Å². The van der Waals surface area contributed by atoms with E-state index in [-0.39, 0.29) is 29.3 Å². The predicted octanol–water partition coefficient (Wildman–Crippen LogP) is 4.33. The SMILES string of the molecule is O=[N+]([O-])c1ccccc1[C@H]1Nc2c(cccc2[N+](=O)[O-])[C@@H]2C=CC[C@@H]12. The number of rotatable bonds is 3. The lowest BCUT2D eigenvalue weighted by Crippen LogP contribution is -2.30. The first-order valence-electron chi connectivity index (χ1n) is 8.01. The Bertz CT molecular complexity index is 909. The lowest BCUT2D eigenvalue weighted by atomic mass is 9.76. The van der Waals surface area contributed by atoms with Crippen molar-refractivity contribution in [1.82, 2.24) is 0 Å². The first kappa shape index (κ1) is 15.3. The third-order valence-corrected chi connectivity index (χ3v) is 5.04. The van der Waals surface area contributed by atoms with Gasteiger partial charge in [-0.2, -0.15) is 0 Å². The molecule has 0 saturated carbocycles. The molecular formula is C18H15N3O4. The molecule has 0 fully saturated rings. The summed E-state index contributed by atoms with van der Waals surface area (Å²) in [4.78, 5) is 22.0. The van der Waals surface area contributed by atoms with Crippen molar-refractivity contribution in [1.29, 1.82) is 0 Å². The van der Waals surface area contributed by atoms with E-state index in [0.717, 1.165) is 12.0 Å². The minimum absolute atomic E-state index is 0.000154. The van der Waals surface area contributed by atoms with Gasteiger partial charge in [0, 0.05) is 18.1 Å². The topological polar surface area (TPSA) is 98.3 Å². The number of anilines is 1. The molecule has 1 heterocycles. The van der Waals surface area contributed by atoms with Gasteiger partial charge >= 0.3 is 0 Å². The zero-order valence-corrected chi connectivity index (χ0v) is 13.2. The highest BCUT2D eigenvalue weighted by Crippen LogP contribution is 2.52. The summed E-state index contributed by atoms with van der Waals surface area (Å²) in [5, 5.41) is 26.1. The second kappa shape index (κ2) is 5.70. The van der Waals surface area contributed by atoms with Crippen LogP contribution in [0.2, 0.25) is 0 Å². The van der Waals surface area contributed by atoms with E-state index in [2.05, 4.69) is 11.4 Å². The van der Waals surface area contributed by atoms with E-state index in [0.29, 0.717) is 11.3 Å². The summed E-state index contributed by atoms with van der Waals surface area (Å²) in [6.07, 6.45) is 4.87. The van der Waals surface area contributed by atoms with Gasteiger partial charge in [-0.05, 0) is 17.9 Å². The van der Waals surface area contributed by atoms with E-state index in [1.807, 2.05) is 12.1 Å². The Kier molecular flexibility index (Phi) is 3.49. The van der Waals surface area contributed by atoms with Crippen LogP contribution in [0, 0.1) is 26.1 Å². The fraction of sp³-hybridized carbons (Fsp3) is 0.222. The van der Waals surface area contributed by atoms with Crippen LogP contribution in [-0.4, -0.2) is 9.85 Å². The molecule has 0 amide bonds. The van der Waals surface area contributed by atoms with Gasteiger partial charge in [0.05, 0.1) is 21.5 Å². The van der Waals surface area contributed by atoms with E-state index in [1.165, 1.54) is 12.1 Å². The van der Waals surface area contributed by atoms with Crippen LogP contribution in [0.5, 0.6) is 0 Å². The van der Waals surface area contributed by atoms with Crippen molar-refractivity contribution < 1.29 is 9.85 Å². The van der Waals surface area contributed by atoms with Crippen LogP contribution in [-0.2, 0) is 0 Å². The van der Waals surface area contributed by atoms with Crippen LogP contribution >= 0.6 is 0 Å². The molecule has 126 valence electrons. The lowest BCUT2D eigenvalue weighted by Gasteiger charge is -2.36. The molecule has 0 spiro atoms. The third kappa shape index (κ3) is 2.36. The van der Waals surface area contributed by atoms with E-state index < -0.39 is 9.85 Å². The maximum Gasteiger partial charge on any atom is 0.292 e. The predicted molar refractivity (Wildman–Crippen MR) is 92.5 cm³/mol. The maximum absolute atomic E-state index is 11.4. The molecule has 1 aliphatic carbocycles. The Morgan fingerprint density at radius 1 is 0.920 bits per heavy atom. The number of nitrogens with zero attached hydrogens (tertiary/aromatic N) is 2. The van der Waals surface area contributed by atoms with Crippen molar-refractivity contribution >= 4 is 17.1 Å². The number of nitro groups is 2. The average Bonchev–Trinajstić information content (AvgIpc) is 3.10. The van der Waals surface area contributed by atoms with Crippen LogP contribution in [0.3, 0.4) is 0 Å². The smallest absolute Gasteiger partial charge is 0.292 e. The number of benzene rings is 2. The summed E-state index contributed by atoms with van der Waals surface area (Å²) in [5.41, 5.74) is 1.94. The van der Waals surface area contributed by atoms with Gasteiger partial charge in [0.15, 0.2) is 0 Å². The third-order valence-electron chi connectivity index (χ3n) is 5.04. The average molecular weight is 337 g/mol. The largest absolute Gasteiger partial charge is 0.372 e. The minimum Gasteiger partial charge on any atom is -0.372 e. The van der Waals surface area contributed by atoms with Crippen molar-refractivity contribution in [3.63, 3.8) is 0 Å². The zero-order valence-electron chi connectivity index (χ0n) is 13.2. The second-order valence-electron chi connectivity index (χ2n) is 6.29. The van der Waals surface area contributed by atoms with Crippen molar-refractivity contribution in [2.45, 2.75) is 18.4 Å². The molecule has 7 heteroatoms. The molecule has 0 unspecified atom stereocenters. The van der Waals surface area contributed by atoms with Crippen molar-refractivity contribution in [3.8, 4) is 0 Å². The van der Waals surface area contributed by atoms with E-state index >= 15 is 0 Å². The van der Waals surface area contributed by atoms with Crippen LogP contribution in [0.4, 0.5) is 17.1 Å². The molecule has 4 rings (SSSR count). The van der Waals surface area contributed by atoms with Gasteiger partial charge in [0.2, 0.25) is 0 Å². The number of allylic oxidation sites excluding steroid dienone is 2. The molecule has 0 bridgehead atoms. The summed E-state index contributed by atoms with van der Waals surface area (Å²) in [6.45, 7) is 0. The number of nitro benzene ring substituents is 2. The molecule has 1 N–H and O–H groups in total. The Balaban J connectivity index is 1.88. The molecule has 25 heavy (non-hydrogen) atoms. The van der Waals surface area contributed by atoms with Gasteiger partial charge in [-0.1, -0.05) is 42.5 Å². The van der Waals surface area contributed by atoms with Crippen LogP contribution < -0.4 is 5.32 Å². The van der Waals surface area contributed by atoms with Gasteiger partial charge in [-0.3, -0.25) is 20.2 Å². The van der Waals surface area contributed by atoms with Crippen LogP contribution in [0.1, 0.15) is 29.5 Å². The summed E-state index contributed by atoms with van der Waals surface area (Å²) in [5.74, 6) is 0.108. The van der Waals surface area contributed by atoms with Gasteiger partial charge in [-0.25, -0.2) is 0 Å². The van der Waals surface area contributed by atoms with Gasteiger partial charge < -0.3 is 5.32 Å². The molecule has 3 atom stereocenters. The standard InChI is InChI=1S/C18H15N3O4/c22-20(23)15-9-2-1-5-14(15)17-12-7-3-6-11(12)13-8-4-10-16(21(24)25)18(13)19-17/h1-6,8-12,17,19H,7H2/t11-,12-,17+/m1/s1. The summed E-state index contributed by atoms with van der Waals surface area (Å²) in [7, 11) is 0. The number of hydrogen-bond donors (Lipinski definition) is 1. The summed E-state index contributed by atoms with van der Waals surface area (Å²) in [6, 6.07) is 11.3. The Hall–Kier alpha value is -3.22. The quantitative estimate of drug-likeness (QED) is 0.510. The number of para-hydroxylation sites is 2. The highest BCUT2D eigenvalue weighted by Gasteiger charge is 2.42. The number of nitrogens with one attached hydrogen (secondary N) is 1. The molecule has 0 saturated heterocycles. The monoisotopic (exact) mass is 337 g/mol.